The van der Waals surface area contributed by atoms with Gasteiger partial charge < -0.3 is 10.0 Å². The summed E-state index contributed by atoms with van der Waals surface area (Å²) in [6, 6.07) is 8.45. The molecular weight excluding hydrogens is 466 g/mol. The van der Waals surface area contributed by atoms with Gasteiger partial charge in [-0.25, -0.2) is 9.97 Å². The summed E-state index contributed by atoms with van der Waals surface area (Å²) >= 11 is 0. The van der Waals surface area contributed by atoms with E-state index in [0.717, 1.165) is 53.5 Å². The third-order valence-corrected chi connectivity index (χ3v) is 7.64. The first kappa shape index (κ1) is 23.5. The van der Waals surface area contributed by atoms with Crippen molar-refractivity contribution in [2.45, 2.75) is 44.2 Å². The summed E-state index contributed by atoms with van der Waals surface area (Å²) < 4.78 is 3.82. The normalized spacial score (nSPS) is 21.9. The Balaban J connectivity index is 1.10. The van der Waals surface area contributed by atoms with Crippen LogP contribution in [0.1, 0.15) is 38.1 Å². The highest BCUT2D eigenvalue weighted by molar-refractivity contribution is 5.79. The van der Waals surface area contributed by atoms with Crippen LogP contribution in [-0.2, 0) is 11.8 Å². The molecule has 4 heterocycles. The number of nitrogens with zero attached hydrogens (tertiary/aromatic N) is 7. The molecule has 4 aromatic rings. The maximum atomic E-state index is 12.8. The number of aliphatic hydroxyl groups excluding tert-OH is 1. The Morgan fingerprint density at radius 3 is 2.30 bits per heavy atom. The lowest BCUT2D eigenvalue weighted by atomic mass is 9.85. The molecule has 37 heavy (non-hydrogen) atoms. The van der Waals surface area contributed by atoms with Crippen molar-refractivity contribution in [3.8, 4) is 33.6 Å². The van der Waals surface area contributed by atoms with E-state index in [1.54, 1.807) is 4.68 Å². The standard InChI is InChI=1S/C28H31N7O2/c1-33-16-23(14-31-33)20-3-2-4-21(11-20)27-29-12-22(13-30-27)24-15-32-35(17-24)25-7-5-19(6-8-25)28(37)34-10-9-26(36)18-34/h2-4,11-17,19,25-26,36H,5-10,18H2,1H3/t19?,25?,26-/m1/s1. The fourth-order valence-electron chi connectivity index (χ4n) is 5.51. The van der Waals surface area contributed by atoms with Gasteiger partial charge in [0.1, 0.15) is 0 Å². The van der Waals surface area contributed by atoms with Crippen LogP contribution in [0, 0.1) is 5.92 Å². The maximum absolute atomic E-state index is 12.8. The van der Waals surface area contributed by atoms with Crippen LogP contribution in [0.15, 0.2) is 61.4 Å². The summed E-state index contributed by atoms with van der Waals surface area (Å²) in [6.45, 7) is 1.16. The summed E-state index contributed by atoms with van der Waals surface area (Å²) in [7, 11) is 1.91. The first-order valence-corrected chi connectivity index (χ1v) is 13.0. The molecule has 1 aromatic carbocycles. The fourth-order valence-corrected chi connectivity index (χ4v) is 5.51. The number of aliphatic hydroxyl groups is 1. The van der Waals surface area contributed by atoms with E-state index < -0.39 is 0 Å². The average molecular weight is 498 g/mol. The topological polar surface area (TPSA) is 102 Å². The smallest absolute Gasteiger partial charge is 0.225 e. The monoisotopic (exact) mass is 497 g/mol. The van der Waals surface area contributed by atoms with Crippen LogP contribution in [0.3, 0.4) is 0 Å². The van der Waals surface area contributed by atoms with Crippen LogP contribution in [0.4, 0.5) is 0 Å². The van der Waals surface area contributed by atoms with Gasteiger partial charge in [-0.15, -0.1) is 0 Å². The van der Waals surface area contributed by atoms with Gasteiger partial charge in [0.25, 0.3) is 0 Å². The van der Waals surface area contributed by atoms with Crippen molar-refractivity contribution < 1.29 is 9.90 Å². The molecule has 6 rings (SSSR count). The second kappa shape index (κ2) is 9.89. The van der Waals surface area contributed by atoms with Crippen molar-refractivity contribution in [1.29, 1.82) is 0 Å². The lowest BCUT2D eigenvalue weighted by molar-refractivity contribution is -0.136. The first-order valence-electron chi connectivity index (χ1n) is 13.0. The Kier molecular flexibility index (Phi) is 6.30. The molecule has 2 aliphatic rings. The number of carbonyl (C=O) groups excluding carboxylic acids is 1. The SMILES string of the molecule is Cn1cc(-c2cccc(-c3ncc(-c4cnn(C5CCC(C(=O)N6CC[C@@H](O)C6)CC5)c4)cn3)c2)cn1. The Hall–Kier alpha value is -3.85. The van der Waals surface area contributed by atoms with Crippen LogP contribution < -0.4 is 0 Å². The average Bonchev–Trinajstić information content (AvgIpc) is 3.70. The molecule has 1 atom stereocenters. The van der Waals surface area contributed by atoms with Crippen LogP contribution in [0.2, 0.25) is 0 Å². The molecule has 1 N–H and O–H groups in total. The van der Waals surface area contributed by atoms with Crippen molar-refractivity contribution in [3.63, 3.8) is 0 Å². The molecule has 0 unspecified atom stereocenters. The summed E-state index contributed by atoms with van der Waals surface area (Å²) in [5.74, 6) is 0.948. The second-order valence-corrected chi connectivity index (χ2v) is 10.2. The van der Waals surface area contributed by atoms with Crippen LogP contribution in [0.25, 0.3) is 33.6 Å². The van der Waals surface area contributed by atoms with Gasteiger partial charge in [0, 0.05) is 73.1 Å². The summed E-state index contributed by atoms with van der Waals surface area (Å²) in [6.07, 6.45) is 15.4. The van der Waals surface area contributed by atoms with Crippen LogP contribution in [-0.4, -0.2) is 64.6 Å². The predicted octanol–water partition coefficient (Wildman–Crippen LogP) is 3.73. The largest absolute Gasteiger partial charge is 0.391 e. The number of hydrogen-bond donors (Lipinski definition) is 1. The van der Waals surface area contributed by atoms with Crippen molar-refractivity contribution in [2.75, 3.05) is 13.1 Å². The third kappa shape index (κ3) is 4.91. The van der Waals surface area contributed by atoms with Gasteiger partial charge in [0.05, 0.1) is 24.5 Å². The van der Waals surface area contributed by atoms with E-state index in [2.05, 4.69) is 38.5 Å². The zero-order valence-corrected chi connectivity index (χ0v) is 20.9. The van der Waals surface area contributed by atoms with E-state index in [-0.39, 0.29) is 24.0 Å². The number of β-amino-alcohol motifs (C(OH)–C–C–N with tert-alkyl or cyclic N) is 1. The Bertz CT molecular complexity index is 1390. The van der Waals surface area contributed by atoms with Gasteiger partial charge in [-0.2, -0.15) is 10.2 Å². The molecule has 3 aromatic heterocycles. The zero-order chi connectivity index (χ0) is 25.4. The lowest BCUT2D eigenvalue weighted by Crippen LogP contribution is -2.37. The summed E-state index contributed by atoms with van der Waals surface area (Å²) in [4.78, 5) is 23.9. The Morgan fingerprint density at radius 1 is 0.865 bits per heavy atom. The van der Waals surface area contributed by atoms with Crippen molar-refractivity contribution in [3.05, 3.63) is 61.4 Å². The van der Waals surface area contributed by atoms with Gasteiger partial charge in [-0.1, -0.05) is 18.2 Å². The molecule has 0 spiro atoms. The predicted molar refractivity (Wildman–Crippen MR) is 139 cm³/mol. The summed E-state index contributed by atoms with van der Waals surface area (Å²) in [5, 5.41) is 18.6. The number of aromatic nitrogens is 6. The number of benzene rings is 1. The van der Waals surface area contributed by atoms with Gasteiger partial charge in [0.15, 0.2) is 5.82 Å². The number of amides is 1. The minimum absolute atomic E-state index is 0.0641. The van der Waals surface area contributed by atoms with E-state index in [4.69, 9.17) is 0 Å². The highest BCUT2D eigenvalue weighted by atomic mass is 16.3. The minimum atomic E-state index is -0.363. The van der Waals surface area contributed by atoms with E-state index in [9.17, 15) is 9.90 Å². The molecule has 1 saturated heterocycles. The van der Waals surface area contributed by atoms with Gasteiger partial charge in [-0.3, -0.25) is 14.2 Å². The lowest BCUT2D eigenvalue weighted by Gasteiger charge is -2.30. The summed E-state index contributed by atoms with van der Waals surface area (Å²) in [5.41, 5.74) is 5.00. The number of hydrogen-bond acceptors (Lipinski definition) is 6. The quantitative estimate of drug-likeness (QED) is 0.451. The number of aryl methyl sites for hydroxylation is 1. The fraction of sp³-hybridized carbons (Fsp3) is 0.393. The molecule has 1 aliphatic carbocycles. The minimum Gasteiger partial charge on any atom is -0.391 e. The molecule has 9 nitrogen and oxygen atoms in total. The molecule has 0 radical (unpaired) electrons. The first-order chi connectivity index (χ1) is 18.0. The van der Waals surface area contributed by atoms with Gasteiger partial charge >= 0.3 is 0 Å². The molecule has 190 valence electrons. The van der Waals surface area contributed by atoms with Crippen molar-refractivity contribution in [1.82, 2.24) is 34.4 Å². The number of likely N-dealkylation sites (tertiary alicyclic amines) is 1. The van der Waals surface area contributed by atoms with Crippen molar-refractivity contribution >= 4 is 5.91 Å². The molecular formula is C28H31N7O2. The van der Waals surface area contributed by atoms with Gasteiger partial charge in [0.2, 0.25) is 5.91 Å². The van der Waals surface area contributed by atoms with E-state index in [1.165, 1.54) is 0 Å². The molecule has 1 saturated carbocycles. The number of rotatable bonds is 5. The zero-order valence-electron chi connectivity index (χ0n) is 20.9. The van der Waals surface area contributed by atoms with Crippen LogP contribution in [0.5, 0.6) is 0 Å². The highest BCUT2D eigenvalue weighted by Gasteiger charge is 2.33. The van der Waals surface area contributed by atoms with Gasteiger partial charge in [-0.05, 0) is 43.7 Å². The molecule has 1 aliphatic heterocycles. The van der Waals surface area contributed by atoms with E-state index >= 15 is 0 Å². The highest BCUT2D eigenvalue weighted by Crippen LogP contribution is 2.34. The van der Waals surface area contributed by atoms with Crippen LogP contribution >= 0.6 is 0 Å². The second-order valence-electron chi connectivity index (χ2n) is 10.2. The number of carbonyl (C=O) groups is 1. The molecule has 1 amide bonds. The molecule has 0 bridgehead atoms. The molecule has 9 heteroatoms. The van der Waals surface area contributed by atoms with E-state index in [1.807, 2.05) is 59.7 Å². The van der Waals surface area contributed by atoms with E-state index in [0.29, 0.717) is 25.3 Å². The van der Waals surface area contributed by atoms with Crippen molar-refractivity contribution in [2.24, 2.45) is 13.0 Å². The Morgan fingerprint density at radius 2 is 1.59 bits per heavy atom. The Labute approximate surface area is 215 Å². The third-order valence-electron chi connectivity index (χ3n) is 7.64. The maximum Gasteiger partial charge on any atom is 0.225 e. The molecule has 2 fully saturated rings.